The summed E-state index contributed by atoms with van der Waals surface area (Å²) in [4.78, 5) is 0. The van der Waals surface area contributed by atoms with Crippen LogP contribution < -0.4 is 0 Å². The van der Waals surface area contributed by atoms with Gasteiger partial charge >= 0.3 is 0 Å². The summed E-state index contributed by atoms with van der Waals surface area (Å²) in [6, 6.07) is 12.5. The second-order valence-corrected chi connectivity index (χ2v) is 3.55. The van der Waals surface area contributed by atoms with Crippen LogP contribution in [0, 0.1) is 6.92 Å². The number of aromatic nitrogens is 2. The first-order valence-electron chi connectivity index (χ1n) is 4.68. The van der Waals surface area contributed by atoms with E-state index >= 15 is 0 Å². The van der Waals surface area contributed by atoms with E-state index < -0.39 is 0 Å². The molecular formula is C12H10N2. The Balaban J connectivity index is 2.57. The molecule has 0 saturated heterocycles. The second kappa shape index (κ2) is 2.58. The summed E-state index contributed by atoms with van der Waals surface area (Å²) in [7, 11) is 0. The molecule has 0 spiro atoms. The fourth-order valence-corrected chi connectivity index (χ4v) is 1.79. The smallest absolute Gasteiger partial charge is 0.0936 e. The molecule has 3 aromatic rings. The molecular weight excluding hydrogens is 172 g/mol. The van der Waals surface area contributed by atoms with Crippen molar-refractivity contribution in [3.8, 4) is 0 Å². The average Bonchev–Trinajstić information content (AvgIpc) is 2.54. The van der Waals surface area contributed by atoms with Crippen LogP contribution in [-0.4, -0.2) is 9.61 Å². The van der Waals surface area contributed by atoms with Gasteiger partial charge in [-0.1, -0.05) is 18.2 Å². The van der Waals surface area contributed by atoms with Crippen LogP contribution in [0.4, 0.5) is 0 Å². The minimum Gasteiger partial charge on any atom is -0.240 e. The zero-order chi connectivity index (χ0) is 9.54. The first kappa shape index (κ1) is 7.56. The summed E-state index contributed by atoms with van der Waals surface area (Å²) in [6.07, 6.45) is 1.98. The van der Waals surface area contributed by atoms with Crippen molar-refractivity contribution in [1.29, 1.82) is 0 Å². The summed E-state index contributed by atoms with van der Waals surface area (Å²) in [5.41, 5.74) is 3.49. The molecule has 68 valence electrons. The Hall–Kier alpha value is -1.83. The van der Waals surface area contributed by atoms with Gasteiger partial charge in [-0.2, -0.15) is 5.10 Å². The molecule has 0 aliphatic carbocycles. The lowest BCUT2D eigenvalue weighted by molar-refractivity contribution is 0.981. The molecule has 0 fully saturated rings. The van der Waals surface area contributed by atoms with E-state index in [1.165, 1.54) is 16.5 Å². The number of benzene rings is 1. The molecule has 1 aromatic carbocycles. The van der Waals surface area contributed by atoms with Gasteiger partial charge < -0.3 is 0 Å². The highest BCUT2D eigenvalue weighted by Gasteiger charge is 2.02. The van der Waals surface area contributed by atoms with E-state index in [0.29, 0.717) is 0 Å². The summed E-state index contributed by atoms with van der Waals surface area (Å²) in [5, 5.41) is 5.71. The third-order valence-electron chi connectivity index (χ3n) is 2.48. The summed E-state index contributed by atoms with van der Waals surface area (Å²) >= 11 is 0. The van der Waals surface area contributed by atoms with Crippen LogP contribution in [-0.2, 0) is 0 Å². The molecule has 2 nitrogen and oxygen atoms in total. The molecule has 0 amide bonds. The van der Waals surface area contributed by atoms with Gasteiger partial charge in [-0.25, -0.2) is 4.52 Å². The first-order valence-corrected chi connectivity index (χ1v) is 4.68. The van der Waals surface area contributed by atoms with Crippen LogP contribution in [0.3, 0.4) is 0 Å². The molecule has 0 radical (unpaired) electrons. The minimum absolute atomic E-state index is 1.07. The number of hydrogen-bond donors (Lipinski definition) is 0. The van der Waals surface area contributed by atoms with E-state index in [9.17, 15) is 0 Å². The molecule has 2 aromatic heterocycles. The SMILES string of the molecule is Cc1ccc2c(c1)nn1ccccc21. The lowest BCUT2D eigenvalue weighted by Crippen LogP contribution is -1.82. The fraction of sp³-hybridized carbons (Fsp3) is 0.0833. The summed E-state index contributed by atoms with van der Waals surface area (Å²) in [5.74, 6) is 0. The van der Waals surface area contributed by atoms with Gasteiger partial charge in [0, 0.05) is 11.6 Å². The highest BCUT2D eigenvalue weighted by atomic mass is 15.2. The maximum atomic E-state index is 4.49. The van der Waals surface area contributed by atoms with Crippen LogP contribution in [0.1, 0.15) is 5.56 Å². The van der Waals surface area contributed by atoms with Crippen LogP contribution >= 0.6 is 0 Å². The third-order valence-corrected chi connectivity index (χ3v) is 2.48. The van der Waals surface area contributed by atoms with Gasteiger partial charge in [0.25, 0.3) is 0 Å². The standard InChI is InChI=1S/C12H10N2/c1-9-5-6-10-11(8-9)13-14-7-3-2-4-12(10)14/h2-8H,1H3. The van der Waals surface area contributed by atoms with Crippen LogP contribution in [0.5, 0.6) is 0 Å². The van der Waals surface area contributed by atoms with Gasteiger partial charge in [0.15, 0.2) is 0 Å². The normalized spacial score (nSPS) is 11.2. The van der Waals surface area contributed by atoms with E-state index in [1.54, 1.807) is 0 Å². The fourth-order valence-electron chi connectivity index (χ4n) is 1.79. The average molecular weight is 182 g/mol. The van der Waals surface area contributed by atoms with Gasteiger partial charge in [-0.15, -0.1) is 0 Å². The molecule has 0 bridgehead atoms. The maximum Gasteiger partial charge on any atom is 0.0936 e. The molecule has 0 atom stereocenters. The molecule has 0 aliphatic heterocycles. The Kier molecular flexibility index (Phi) is 1.39. The number of fused-ring (bicyclic) bond motifs is 3. The Morgan fingerprint density at radius 3 is 3.00 bits per heavy atom. The molecule has 2 heteroatoms. The minimum atomic E-state index is 1.07. The van der Waals surface area contributed by atoms with E-state index in [1.807, 2.05) is 22.8 Å². The van der Waals surface area contributed by atoms with E-state index in [-0.39, 0.29) is 0 Å². The Labute approximate surface area is 81.8 Å². The highest BCUT2D eigenvalue weighted by Crippen LogP contribution is 2.19. The number of pyridine rings is 1. The van der Waals surface area contributed by atoms with Crippen LogP contribution in [0.2, 0.25) is 0 Å². The Bertz CT molecular complexity index is 608. The lowest BCUT2D eigenvalue weighted by Gasteiger charge is -1.91. The zero-order valence-electron chi connectivity index (χ0n) is 7.94. The van der Waals surface area contributed by atoms with Gasteiger partial charge in [-0.05, 0) is 30.7 Å². The summed E-state index contributed by atoms with van der Waals surface area (Å²) in [6.45, 7) is 2.09. The van der Waals surface area contributed by atoms with Gasteiger partial charge in [0.05, 0.1) is 11.0 Å². The van der Waals surface area contributed by atoms with Gasteiger partial charge in [0.2, 0.25) is 0 Å². The number of nitrogens with zero attached hydrogens (tertiary/aromatic N) is 2. The van der Waals surface area contributed by atoms with E-state index in [2.05, 4.69) is 36.3 Å². The zero-order valence-corrected chi connectivity index (χ0v) is 7.94. The Morgan fingerprint density at radius 2 is 2.07 bits per heavy atom. The second-order valence-electron chi connectivity index (χ2n) is 3.55. The van der Waals surface area contributed by atoms with Crippen molar-refractivity contribution in [3.63, 3.8) is 0 Å². The quantitative estimate of drug-likeness (QED) is 0.522. The number of hydrogen-bond acceptors (Lipinski definition) is 1. The van der Waals surface area contributed by atoms with Crippen LogP contribution in [0.25, 0.3) is 16.4 Å². The van der Waals surface area contributed by atoms with Crippen molar-refractivity contribution >= 4 is 16.4 Å². The van der Waals surface area contributed by atoms with E-state index in [4.69, 9.17) is 0 Å². The topological polar surface area (TPSA) is 17.3 Å². The summed E-state index contributed by atoms with van der Waals surface area (Å²) < 4.78 is 1.92. The molecule has 3 rings (SSSR count). The van der Waals surface area contributed by atoms with Gasteiger partial charge in [-0.3, -0.25) is 0 Å². The largest absolute Gasteiger partial charge is 0.240 e. The monoisotopic (exact) mass is 182 g/mol. The molecule has 2 heterocycles. The predicted molar refractivity (Wildman–Crippen MR) is 57.4 cm³/mol. The predicted octanol–water partition coefficient (Wildman–Crippen LogP) is 2.80. The third kappa shape index (κ3) is 0.940. The van der Waals surface area contributed by atoms with Gasteiger partial charge in [0.1, 0.15) is 0 Å². The molecule has 0 N–H and O–H groups in total. The lowest BCUT2D eigenvalue weighted by atomic mass is 10.1. The van der Waals surface area contributed by atoms with Crippen molar-refractivity contribution in [2.45, 2.75) is 6.92 Å². The van der Waals surface area contributed by atoms with E-state index in [0.717, 1.165) is 5.52 Å². The highest BCUT2D eigenvalue weighted by molar-refractivity contribution is 5.94. The van der Waals surface area contributed by atoms with Crippen molar-refractivity contribution in [1.82, 2.24) is 9.61 Å². The number of rotatable bonds is 0. The molecule has 0 saturated carbocycles. The molecule has 14 heavy (non-hydrogen) atoms. The first-order chi connectivity index (χ1) is 6.84. The molecule has 0 unspecified atom stereocenters. The van der Waals surface area contributed by atoms with Crippen molar-refractivity contribution in [2.75, 3.05) is 0 Å². The maximum absolute atomic E-state index is 4.49. The van der Waals surface area contributed by atoms with Crippen molar-refractivity contribution in [2.24, 2.45) is 0 Å². The number of aryl methyl sites for hydroxylation is 1. The Morgan fingerprint density at radius 1 is 1.14 bits per heavy atom. The molecule has 0 aliphatic rings. The van der Waals surface area contributed by atoms with Crippen LogP contribution in [0.15, 0.2) is 42.6 Å². The van der Waals surface area contributed by atoms with Crippen molar-refractivity contribution in [3.05, 3.63) is 48.2 Å². The van der Waals surface area contributed by atoms with Crippen molar-refractivity contribution < 1.29 is 0 Å².